The van der Waals surface area contributed by atoms with Gasteiger partial charge in [-0.1, -0.05) is 48.0 Å². The molecule has 1 aromatic heterocycles. The molecule has 0 spiro atoms. The molecule has 4 rings (SSSR count). The number of nitrogens with zero attached hydrogens (tertiary/aromatic N) is 2. The van der Waals surface area contributed by atoms with Crippen LogP contribution in [0.1, 0.15) is 11.3 Å². The van der Waals surface area contributed by atoms with Crippen LogP contribution in [0, 0.1) is 21.4 Å². The highest BCUT2D eigenvalue weighted by molar-refractivity contribution is 6.33. The van der Waals surface area contributed by atoms with E-state index in [1.54, 1.807) is 24.3 Å². The monoisotopic (exact) mass is 400 g/mol. The molecule has 0 unspecified atom stereocenters. The van der Waals surface area contributed by atoms with Gasteiger partial charge < -0.3 is 4.42 Å². The Kier molecular flexibility index (Phi) is 4.86. The Labute approximate surface area is 171 Å². The number of hydrogen-bond donors (Lipinski definition) is 0. The molecule has 3 aromatic carbocycles. The van der Waals surface area contributed by atoms with Crippen molar-refractivity contribution in [1.29, 1.82) is 5.26 Å². The molecule has 140 valence electrons. The van der Waals surface area contributed by atoms with E-state index in [1.165, 1.54) is 12.1 Å². The smallest absolute Gasteiger partial charge is 0.270 e. The summed E-state index contributed by atoms with van der Waals surface area (Å²) in [6.45, 7) is 0. The topological polar surface area (TPSA) is 80.1 Å². The predicted molar refractivity (Wildman–Crippen MR) is 113 cm³/mol. The van der Waals surface area contributed by atoms with Crippen molar-refractivity contribution in [2.45, 2.75) is 0 Å². The van der Waals surface area contributed by atoms with E-state index in [2.05, 4.69) is 6.07 Å². The summed E-state index contributed by atoms with van der Waals surface area (Å²) >= 11 is 6.17. The Morgan fingerprint density at radius 2 is 1.83 bits per heavy atom. The van der Waals surface area contributed by atoms with Crippen molar-refractivity contribution in [2.24, 2.45) is 0 Å². The second-order valence-electron chi connectivity index (χ2n) is 6.36. The molecule has 1 heterocycles. The van der Waals surface area contributed by atoms with Crippen LogP contribution in [0.5, 0.6) is 0 Å². The van der Waals surface area contributed by atoms with Crippen LogP contribution in [-0.4, -0.2) is 4.92 Å². The molecule has 0 fully saturated rings. The van der Waals surface area contributed by atoms with Gasteiger partial charge in [-0.2, -0.15) is 5.26 Å². The Hall–Kier alpha value is -3.88. The van der Waals surface area contributed by atoms with Crippen molar-refractivity contribution in [3.63, 3.8) is 0 Å². The van der Waals surface area contributed by atoms with Gasteiger partial charge in [0.15, 0.2) is 0 Å². The zero-order chi connectivity index (χ0) is 20.4. The molecule has 0 aliphatic rings. The molecule has 0 saturated carbocycles. The van der Waals surface area contributed by atoms with Crippen molar-refractivity contribution in [1.82, 2.24) is 0 Å². The minimum atomic E-state index is -0.505. The molecule has 29 heavy (non-hydrogen) atoms. The van der Waals surface area contributed by atoms with E-state index in [4.69, 9.17) is 16.0 Å². The molecule has 0 radical (unpaired) electrons. The molecular weight excluding hydrogens is 388 g/mol. The molecule has 4 aromatic rings. The highest BCUT2D eigenvalue weighted by Crippen LogP contribution is 2.33. The van der Waals surface area contributed by atoms with Crippen molar-refractivity contribution >= 4 is 39.7 Å². The summed E-state index contributed by atoms with van der Waals surface area (Å²) in [6, 6.07) is 23.6. The Balaban J connectivity index is 1.68. The second kappa shape index (κ2) is 7.63. The van der Waals surface area contributed by atoms with Gasteiger partial charge in [-0.05, 0) is 46.7 Å². The normalized spacial score (nSPS) is 11.4. The molecular formula is C23H13ClN2O3. The molecule has 0 saturated heterocycles. The SMILES string of the molecule is N#C/C(=C/c1ccc(-c2ccc([N+](=O)[O-])cc2Cl)o1)c1ccc2ccccc2c1. The van der Waals surface area contributed by atoms with Crippen LogP contribution in [0.3, 0.4) is 0 Å². The zero-order valence-electron chi connectivity index (χ0n) is 15.0. The molecule has 0 atom stereocenters. The van der Waals surface area contributed by atoms with Gasteiger partial charge in [0.05, 0.1) is 21.6 Å². The molecule has 0 aliphatic heterocycles. The number of non-ortho nitro benzene ring substituents is 1. The number of allylic oxidation sites excluding steroid dienone is 1. The number of rotatable bonds is 4. The van der Waals surface area contributed by atoms with E-state index >= 15 is 0 Å². The maximum absolute atomic E-state index is 10.9. The van der Waals surface area contributed by atoms with Crippen LogP contribution in [-0.2, 0) is 0 Å². The van der Waals surface area contributed by atoms with Gasteiger partial charge in [-0.3, -0.25) is 10.1 Å². The minimum Gasteiger partial charge on any atom is -0.457 e. The number of nitro benzene ring substituents is 1. The maximum atomic E-state index is 10.9. The first-order valence-corrected chi connectivity index (χ1v) is 9.08. The summed E-state index contributed by atoms with van der Waals surface area (Å²) in [5, 5.41) is 22.8. The summed E-state index contributed by atoms with van der Waals surface area (Å²) in [7, 11) is 0. The summed E-state index contributed by atoms with van der Waals surface area (Å²) < 4.78 is 5.81. The number of benzene rings is 3. The summed E-state index contributed by atoms with van der Waals surface area (Å²) in [4.78, 5) is 10.4. The molecule has 5 nitrogen and oxygen atoms in total. The minimum absolute atomic E-state index is 0.0894. The van der Waals surface area contributed by atoms with Crippen LogP contribution in [0.4, 0.5) is 5.69 Å². The third-order valence-corrected chi connectivity index (χ3v) is 4.84. The highest BCUT2D eigenvalue weighted by atomic mass is 35.5. The first-order chi connectivity index (χ1) is 14.0. The van der Waals surface area contributed by atoms with Gasteiger partial charge >= 0.3 is 0 Å². The molecule has 0 N–H and O–H groups in total. The predicted octanol–water partition coefficient (Wildman–Crippen LogP) is 6.73. The number of fused-ring (bicyclic) bond motifs is 1. The van der Waals surface area contributed by atoms with E-state index in [-0.39, 0.29) is 10.7 Å². The average Bonchev–Trinajstić information content (AvgIpc) is 3.19. The van der Waals surface area contributed by atoms with E-state index in [9.17, 15) is 15.4 Å². The van der Waals surface area contributed by atoms with Gasteiger partial charge in [0.25, 0.3) is 5.69 Å². The lowest BCUT2D eigenvalue weighted by molar-refractivity contribution is -0.384. The average molecular weight is 401 g/mol. The van der Waals surface area contributed by atoms with Crippen molar-refractivity contribution in [2.75, 3.05) is 0 Å². The van der Waals surface area contributed by atoms with Crippen molar-refractivity contribution in [3.8, 4) is 17.4 Å². The number of halogens is 1. The van der Waals surface area contributed by atoms with Gasteiger partial charge in [-0.25, -0.2) is 0 Å². The van der Waals surface area contributed by atoms with Gasteiger partial charge in [0, 0.05) is 17.7 Å². The van der Waals surface area contributed by atoms with Crippen LogP contribution in [0.2, 0.25) is 5.02 Å². The van der Waals surface area contributed by atoms with E-state index in [0.29, 0.717) is 22.7 Å². The first-order valence-electron chi connectivity index (χ1n) is 8.70. The fraction of sp³-hybridized carbons (Fsp3) is 0. The molecule has 0 aliphatic carbocycles. The summed E-state index contributed by atoms with van der Waals surface area (Å²) in [6.07, 6.45) is 1.66. The summed E-state index contributed by atoms with van der Waals surface area (Å²) in [5.41, 5.74) is 1.71. The lowest BCUT2D eigenvalue weighted by atomic mass is 10.0. The van der Waals surface area contributed by atoms with E-state index in [0.717, 1.165) is 16.3 Å². The summed E-state index contributed by atoms with van der Waals surface area (Å²) in [5.74, 6) is 0.950. The van der Waals surface area contributed by atoms with Crippen molar-refractivity contribution < 1.29 is 9.34 Å². The number of hydrogen-bond acceptors (Lipinski definition) is 4. The van der Waals surface area contributed by atoms with Gasteiger partial charge in [-0.15, -0.1) is 0 Å². The number of furan rings is 1. The largest absolute Gasteiger partial charge is 0.457 e. The fourth-order valence-electron chi connectivity index (χ4n) is 3.07. The molecule has 6 heteroatoms. The third-order valence-electron chi connectivity index (χ3n) is 4.52. The third kappa shape index (κ3) is 3.75. The quantitative estimate of drug-likeness (QED) is 0.216. The van der Waals surface area contributed by atoms with Crippen molar-refractivity contribution in [3.05, 3.63) is 99.3 Å². The van der Waals surface area contributed by atoms with Crippen LogP contribution in [0.15, 0.2) is 77.2 Å². The van der Waals surface area contributed by atoms with Crippen LogP contribution < -0.4 is 0 Å². The fourth-order valence-corrected chi connectivity index (χ4v) is 3.34. The first kappa shape index (κ1) is 18.5. The number of nitro groups is 1. The highest BCUT2D eigenvalue weighted by Gasteiger charge is 2.13. The molecule has 0 amide bonds. The Bertz CT molecular complexity index is 1320. The van der Waals surface area contributed by atoms with E-state index < -0.39 is 4.92 Å². The second-order valence-corrected chi connectivity index (χ2v) is 6.76. The number of nitriles is 1. The molecule has 0 bridgehead atoms. The lowest BCUT2D eigenvalue weighted by Gasteiger charge is -2.02. The van der Waals surface area contributed by atoms with E-state index in [1.807, 2.05) is 42.5 Å². The lowest BCUT2D eigenvalue weighted by Crippen LogP contribution is -1.88. The van der Waals surface area contributed by atoms with Gasteiger partial charge in [0.2, 0.25) is 0 Å². The Morgan fingerprint density at radius 1 is 1.03 bits per heavy atom. The zero-order valence-corrected chi connectivity index (χ0v) is 15.8. The maximum Gasteiger partial charge on any atom is 0.270 e. The standard InChI is InChI=1S/C23H13ClN2O3/c24-22-13-19(26(27)28)7-9-21(22)23-10-8-20(29-23)12-18(14-25)17-6-5-15-3-1-2-4-16(15)11-17/h1-13H/b18-12-. The Morgan fingerprint density at radius 3 is 2.55 bits per heavy atom. The van der Waals surface area contributed by atoms with Crippen LogP contribution in [0.25, 0.3) is 33.7 Å². The van der Waals surface area contributed by atoms with Crippen LogP contribution >= 0.6 is 11.6 Å². The van der Waals surface area contributed by atoms with Gasteiger partial charge in [0.1, 0.15) is 11.5 Å².